The van der Waals surface area contributed by atoms with E-state index in [4.69, 9.17) is 21.1 Å². The van der Waals surface area contributed by atoms with E-state index in [1.54, 1.807) is 19.2 Å². The molecule has 1 aromatic heterocycles. The Morgan fingerprint density at radius 3 is 2.43 bits per heavy atom. The number of aromatic nitrogens is 2. The van der Waals surface area contributed by atoms with Gasteiger partial charge in [0.25, 0.3) is 10.0 Å². The van der Waals surface area contributed by atoms with E-state index in [-0.39, 0.29) is 10.2 Å². The van der Waals surface area contributed by atoms with Gasteiger partial charge in [-0.3, -0.25) is 4.72 Å². The number of hydrogen-bond donors (Lipinski definition) is 1. The first-order chi connectivity index (χ1) is 9.89. The third kappa shape index (κ3) is 3.06. The Balaban J connectivity index is 2.35. The van der Waals surface area contributed by atoms with Crippen LogP contribution in [0.5, 0.6) is 11.5 Å². The van der Waals surface area contributed by atoms with Gasteiger partial charge in [-0.05, 0) is 12.1 Å². The highest BCUT2D eigenvalue weighted by molar-refractivity contribution is 7.92. The number of nitrogens with zero attached hydrogens (tertiary/aromatic N) is 2. The summed E-state index contributed by atoms with van der Waals surface area (Å²) in [7, 11) is 0.683. The number of aryl methyl sites for hydroxylation is 1. The molecule has 0 atom stereocenters. The van der Waals surface area contributed by atoms with Gasteiger partial charge >= 0.3 is 0 Å². The van der Waals surface area contributed by atoms with Crippen LogP contribution in [0.1, 0.15) is 0 Å². The van der Waals surface area contributed by atoms with Crippen molar-refractivity contribution in [2.24, 2.45) is 7.05 Å². The van der Waals surface area contributed by atoms with Crippen LogP contribution in [0.2, 0.25) is 5.15 Å². The summed E-state index contributed by atoms with van der Waals surface area (Å²) < 4.78 is 38.5. The molecule has 0 radical (unpaired) electrons. The molecule has 2 aromatic rings. The van der Waals surface area contributed by atoms with Crippen LogP contribution >= 0.6 is 11.6 Å². The molecule has 0 aliphatic rings. The Hall–Kier alpha value is -1.93. The van der Waals surface area contributed by atoms with Crippen LogP contribution < -0.4 is 14.2 Å². The molecule has 1 N–H and O–H groups in total. The molecule has 0 unspecified atom stereocenters. The van der Waals surface area contributed by atoms with Crippen LogP contribution in [-0.4, -0.2) is 32.2 Å². The van der Waals surface area contributed by atoms with E-state index < -0.39 is 10.0 Å². The van der Waals surface area contributed by atoms with Crippen molar-refractivity contribution in [3.63, 3.8) is 0 Å². The lowest BCUT2D eigenvalue weighted by Gasteiger charge is -2.11. The van der Waals surface area contributed by atoms with Gasteiger partial charge < -0.3 is 14.0 Å². The minimum atomic E-state index is -3.88. The van der Waals surface area contributed by atoms with Gasteiger partial charge in [-0.15, -0.1) is 0 Å². The molecule has 2 rings (SSSR count). The van der Waals surface area contributed by atoms with E-state index in [9.17, 15) is 8.42 Å². The van der Waals surface area contributed by atoms with Gasteiger partial charge in [0.2, 0.25) is 5.03 Å². The highest BCUT2D eigenvalue weighted by Crippen LogP contribution is 2.31. The zero-order valence-corrected chi connectivity index (χ0v) is 13.2. The largest absolute Gasteiger partial charge is 0.493 e. The fraction of sp³-hybridized carbons (Fsp3) is 0.250. The van der Waals surface area contributed by atoms with Crippen LogP contribution in [0, 0.1) is 0 Å². The summed E-state index contributed by atoms with van der Waals surface area (Å²) in [6.07, 6.45) is 1.32. The maximum absolute atomic E-state index is 12.2. The van der Waals surface area contributed by atoms with E-state index in [2.05, 4.69) is 9.71 Å². The number of sulfonamides is 1. The summed E-state index contributed by atoms with van der Waals surface area (Å²) in [5.74, 6) is 0.904. The van der Waals surface area contributed by atoms with Crippen molar-refractivity contribution in [3.8, 4) is 11.5 Å². The van der Waals surface area contributed by atoms with E-state index in [1.165, 1.54) is 31.2 Å². The average molecular weight is 332 g/mol. The lowest BCUT2D eigenvalue weighted by Crippen LogP contribution is -2.14. The maximum atomic E-state index is 12.2. The number of anilines is 1. The quantitative estimate of drug-likeness (QED) is 0.904. The van der Waals surface area contributed by atoms with Gasteiger partial charge in [0, 0.05) is 13.1 Å². The molecule has 0 fully saturated rings. The third-order valence-corrected chi connectivity index (χ3v) is 4.59. The van der Waals surface area contributed by atoms with Crippen molar-refractivity contribution >= 4 is 27.3 Å². The third-order valence-electron chi connectivity index (χ3n) is 2.72. The first-order valence-electron chi connectivity index (χ1n) is 5.80. The van der Waals surface area contributed by atoms with E-state index >= 15 is 0 Å². The van der Waals surface area contributed by atoms with Gasteiger partial charge in [-0.1, -0.05) is 11.6 Å². The van der Waals surface area contributed by atoms with Crippen LogP contribution in [0.25, 0.3) is 0 Å². The molecule has 0 aliphatic heterocycles. The lowest BCUT2D eigenvalue weighted by atomic mass is 10.3. The minimum absolute atomic E-state index is 0.0305. The fourth-order valence-electron chi connectivity index (χ4n) is 1.68. The van der Waals surface area contributed by atoms with Crippen LogP contribution in [-0.2, 0) is 17.1 Å². The normalized spacial score (nSPS) is 11.2. The van der Waals surface area contributed by atoms with E-state index in [1.807, 2.05) is 0 Å². The predicted molar refractivity (Wildman–Crippen MR) is 78.6 cm³/mol. The van der Waals surface area contributed by atoms with Gasteiger partial charge in [0.15, 0.2) is 11.5 Å². The molecule has 0 saturated carbocycles. The number of methoxy groups -OCH3 is 2. The molecule has 0 saturated heterocycles. The van der Waals surface area contributed by atoms with Gasteiger partial charge in [0.05, 0.1) is 26.2 Å². The average Bonchev–Trinajstić information content (AvgIpc) is 2.79. The molecule has 7 nitrogen and oxygen atoms in total. The monoisotopic (exact) mass is 331 g/mol. The molecule has 0 bridgehead atoms. The molecular formula is C12H14ClN3O4S. The van der Waals surface area contributed by atoms with Crippen LogP contribution in [0.15, 0.2) is 29.6 Å². The zero-order chi connectivity index (χ0) is 15.6. The summed E-state index contributed by atoms with van der Waals surface area (Å²) in [5.41, 5.74) is 0.314. The molecule has 0 spiro atoms. The number of benzene rings is 1. The molecule has 0 amide bonds. The number of ether oxygens (including phenoxy) is 2. The number of hydrogen-bond acceptors (Lipinski definition) is 5. The van der Waals surface area contributed by atoms with E-state index in [0.29, 0.717) is 17.2 Å². The maximum Gasteiger partial charge on any atom is 0.282 e. The molecular weight excluding hydrogens is 318 g/mol. The Kier molecular flexibility index (Phi) is 4.29. The number of nitrogens with one attached hydrogen (secondary N) is 1. The Bertz CT molecular complexity index is 758. The van der Waals surface area contributed by atoms with Crippen LogP contribution in [0.3, 0.4) is 0 Å². The molecule has 9 heteroatoms. The first-order valence-corrected chi connectivity index (χ1v) is 7.67. The Morgan fingerprint density at radius 1 is 1.24 bits per heavy atom. The van der Waals surface area contributed by atoms with Crippen molar-refractivity contribution in [2.75, 3.05) is 18.9 Å². The highest BCUT2D eigenvalue weighted by atomic mass is 35.5. The zero-order valence-electron chi connectivity index (χ0n) is 11.6. The summed E-state index contributed by atoms with van der Waals surface area (Å²) in [6.45, 7) is 0. The predicted octanol–water partition coefficient (Wildman–Crippen LogP) is 1.89. The second-order valence-electron chi connectivity index (χ2n) is 4.13. The fourth-order valence-corrected chi connectivity index (χ4v) is 3.16. The molecule has 114 valence electrons. The number of imidazole rings is 1. The molecule has 0 aliphatic carbocycles. The van der Waals surface area contributed by atoms with Crippen molar-refractivity contribution < 1.29 is 17.9 Å². The summed E-state index contributed by atoms with van der Waals surface area (Å²) in [5, 5.41) is -0.204. The second kappa shape index (κ2) is 5.82. The molecule has 21 heavy (non-hydrogen) atoms. The van der Waals surface area contributed by atoms with Gasteiger partial charge in [0.1, 0.15) is 5.15 Å². The summed E-state index contributed by atoms with van der Waals surface area (Å²) in [4.78, 5) is 3.78. The standard InChI is InChI=1S/C12H14ClN3O4S/c1-16-7-14-12(11(16)13)21(17,18)15-8-4-5-9(19-2)10(6-8)20-3/h4-7,15H,1-3H3. The van der Waals surface area contributed by atoms with Crippen molar-refractivity contribution in [3.05, 3.63) is 29.7 Å². The molecule has 1 aromatic carbocycles. The smallest absolute Gasteiger partial charge is 0.282 e. The summed E-state index contributed by atoms with van der Waals surface area (Å²) in [6, 6.07) is 4.65. The minimum Gasteiger partial charge on any atom is -0.493 e. The van der Waals surface area contributed by atoms with Crippen molar-refractivity contribution in [2.45, 2.75) is 5.03 Å². The topological polar surface area (TPSA) is 82.5 Å². The number of rotatable bonds is 5. The van der Waals surface area contributed by atoms with Gasteiger partial charge in [-0.25, -0.2) is 4.98 Å². The lowest BCUT2D eigenvalue weighted by molar-refractivity contribution is 0.355. The number of halogens is 1. The van der Waals surface area contributed by atoms with E-state index in [0.717, 1.165) is 0 Å². The second-order valence-corrected chi connectivity index (χ2v) is 6.08. The van der Waals surface area contributed by atoms with Crippen LogP contribution in [0.4, 0.5) is 5.69 Å². The summed E-state index contributed by atoms with van der Waals surface area (Å²) >= 11 is 5.90. The highest BCUT2D eigenvalue weighted by Gasteiger charge is 2.22. The SMILES string of the molecule is COc1ccc(NS(=O)(=O)c2ncn(C)c2Cl)cc1OC. The van der Waals surface area contributed by atoms with Gasteiger partial charge in [-0.2, -0.15) is 8.42 Å². The first kappa shape index (κ1) is 15.5. The Morgan fingerprint density at radius 2 is 1.90 bits per heavy atom. The van der Waals surface area contributed by atoms with Crippen molar-refractivity contribution in [1.29, 1.82) is 0 Å². The van der Waals surface area contributed by atoms with Crippen molar-refractivity contribution in [1.82, 2.24) is 9.55 Å². The Labute approximate surface area is 127 Å². The molecule has 1 heterocycles.